The molecule has 0 aromatic heterocycles. The van der Waals surface area contributed by atoms with E-state index < -0.39 is 86.8 Å². The monoisotopic (exact) mass is 1140 g/mol. The summed E-state index contributed by atoms with van der Waals surface area (Å²) in [4.78, 5) is 13.3. The van der Waals surface area contributed by atoms with Gasteiger partial charge < -0.3 is 65.1 Å². The Morgan fingerprint density at radius 1 is 0.457 bits per heavy atom. The summed E-state index contributed by atoms with van der Waals surface area (Å²) in [5.74, 6) is -0.258. The molecule has 0 aromatic carbocycles. The summed E-state index contributed by atoms with van der Waals surface area (Å²) in [6, 6.07) is -0.939. The van der Waals surface area contributed by atoms with E-state index in [-0.39, 0.29) is 18.9 Å². The molecule has 2 heterocycles. The van der Waals surface area contributed by atoms with Crippen molar-refractivity contribution in [2.24, 2.45) is 0 Å². The number of ether oxygens (including phenoxy) is 4. The number of rotatable bonds is 49. The molecule has 12 atom stereocenters. The van der Waals surface area contributed by atoms with Gasteiger partial charge in [0.25, 0.3) is 0 Å². The molecule has 14 nitrogen and oxygen atoms in total. The third kappa shape index (κ3) is 36.2. The smallest absolute Gasteiger partial charge is 0.220 e. The van der Waals surface area contributed by atoms with Gasteiger partial charge >= 0.3 is 0 Å². The summed E-state index contributed by atoms with van der Waals surface area (Å²) in [5, 5.41) is 87.1. The number of allylic oxidation sites excluding steroid dienone is 17. The Morgan fingerprint density at radius 3 is 1.36 bits per heavy atom. The molecule has 0 aliphatic carbocycles. The van der Waals surface area contributed by atoms with Crippen molar-refractivity contribution in [3.05, 3.63) is 109 Å². The van der Waals surface area contributed by atoms with Gasteiger partial charge in [0, 0.05) is 6.42 Å². The minimum absolute atomic E-state index is 0.258. The summed E-state index contributed by atoms with van der Waals surface area (Å²) in [5.41, 5.74) is 0. The second-order valence-electron chi connectivity index (χ2n) is 21.8. The summed E-state index contributed by atoms with van der Waals surface area (Å²) < 4.78 is 22.8. The second-order valence-corrected chi connectivity index (χ2v) is 21.8. The highest BCUT2D eigenvalue weighted by Crippen LogP contribution is 2.30. The molecule has 464 valence electrons. The number of amides is 1. The number of aliphatic hydroxyl groups is 8. The molecule has 9 N–H and O–H groups in total. The number of hydrogen-bond acceptors (Lipinski definition) is 13. The molecule has 0 radical (unpaired) electrons. The average molecular weight is 1140 g/mol. The highest BCUT2D eigenvalue weighted by Gasteiger charge is 2.51. The average Bonchev–Trinajstić information content (AvgIpc) is 3.47. The Bertz CT molecular complexity index is 1770. The third-order valence-corrected chi connectivity index (χ3v) is 14.7. The first-order chi connectivity index (χ1) is 39.6. The van der Waals surface area contributed by atoms with Crippen LogP contribution in [0.4, 0.5) is 0 Å². The van der Waals surface area contributed by atoms with Crippen molar-refractivity contribution < 1.29 is 64.6 Å². The predicted molar refractivity (Wildman–Crippen MR) is 327 cm³/mol. The summed E-state index contributed by atoms with van der Waals surface area (Å²) in [7, 11) is 0. The van der Waals surface area contributed by atoms with Crippen molar-refractivity contribution in [3.63, 3.8) is 0 Å². The van der Waals surface area contributed by atoms with Gasteiger partial charge in [0.1, 0.15) is 48.8 Å². The Hall–Kier alpha value is -3.35. The van der Waals surface area contributed by atoms with Gasteiger partial charge in [-0.05, 0) is 89.9 Å². The molecule has 12 unspecified atom stereocenters. The van der Waals surface area contributed by atoms with Gasteiger partial charge in [-0.1, -0.05) is 226 Å². The van der Waals surface area contributed by atoms with Crippen LogP contribution in [0.2, 0.25) is 0 Å². The van der Waals surface area contributed by atoms with E-state index in [9.17, 15) is 45.6 Å². The van der Waals surface area contributed by atoms with Crippen LogP contribution in [0.1, 0.15) is 213 Å². The molecule has 2 rings (SSSR count). The minimum atomic E-state index is -1.80. The van der Waals surface area contributed by atoms with Crippen LogP contribution in [0.25, 0.3) is 0 Å². The van der Waals surface area contributed by atoms with Crippen LogP contribution in [0.3, 0.4) is 0 Å². The lowest BCUT2D eigenvalue weighted by Crippen LogP contribution is -2.65. The number of nitrogens with one attached hydrogen (secondary N) is 1. The number of unbranched alkanes of at least 4 members (excludes halogenated alkanes) is 20. The van der Waals surface area contributed by atoms with Gasteiger partial charge in [-0.15, -0.1) is 0 Å². The molecule has 2 saturated heterocycles. The molecule has 2 fully saturated rings. The lowest BCUT2D eigenvalue weighted by Gasteiger charge is -2.46. The van der Waals surface area contributed by atoms with Crippen LogP contribution < -0.4 is 5.32 Å². The van der Waals surface area contributed by atoms with Gasteiger partial charge in [0.15, 0.2) is 12.6 Å². The fraction of sp³-hybridized carbons (Fsp3) is 0.716. The van der Waals surface area contributed by atoms with Crippen molar-refractivity contribution in [2.45, 2.75) is 286 Å². The van der Waals surface area contributed by atoms with Gasteiger partial charge in [-0.3, -0.25) is 4.79 Å². The molecule has 2 aliphatic rings. The molecule has 81 heavy (non-hydrogen) atoms. The van der Waals surface area contributed by atoms with Crippen molar-refractivity contribution in [1.29, 1.82) is 0 Å². The van der Waals surface area contributed by atoms with Crippen LogP contribution >= 0.6 is 0 Å². The lowest BCUT2D eigenvalue weighted by molar-refractivity contribution is -0.359. The molecule has 0 spiro atoms. The number of aliphatic hydroxyl groups excluding tert-OH is 8. The molecule has 2 aliphatic heterocycles. The maximum atomic E-state index is 13.3. The van der Waals surface area contributed by atoms with Crippen LogP contribution in [0.15, 0.2) is 109 Å². The van der Waals surface area contributed by atoms with Crippen LogP contribution in [0, 0.1) is 0 Å². The van der Waals surface area contributed by atoms with E-state index >= 15 is 0 Å². The minimum Gasteiger partial charge on any atom is -0.394 e. The largest absolute Gasteiger partial charge is 0.394 e. The highest BCUT2D eigenvalue weighted by atomic mass is 16.7. The van der Waals surface area contributed by atoms with Gasteiger partial charge in [0.2, 0.25) is 5.91 Å². The predicted octanol–water partition coefficient (Wildman–Crippen LogP) is 11.6. The quantitative estimate of drug-likeness (QED) is 0.0204. The van der Waals surface area contributed by atoms with E-state index in [0.717, 1.165) is 83.5 Å². The Morgan fingerprint density at radius 2 is 0.864 bits per heavy atom. The van der Waals surface area contributed by atoms with Crippen LogP contribution in [-0.4, -0.2) is 140 Å². The summed E-state index contributed by atoms with van der Waals surface area (Å²) >= 11 is 0. The van der Waals surface area contributed by atoms with E-state index in [2.05, 4.69) is 116 Å². The summed E-state index contributed by atoms with van der Waals surface area (Å²) in [6.45, 7) is 2.64. The first-order valence-electron chi connectivity index (χ1n) is 31.6. The van der Waals surface area contributed by atoms with Crippen molar-refractivity contribution in [3.8, 4) is 0 Å². The topological polar surface area (TPSA) is 228 Å². The van der Waals surface area contributed by atoms with E-state index in [0.29, 0.717) is 12.8 Å². The first-order valence-corrected chi connectivity index (χ1v) is 31.6. The molecular formula is C67H113NO13. The normalized spacial score (nSPS) is 24.9. The number of hydrogen-bond donors (Lipinski definition) is 9. The van der Waals surface area contributed by atoms with E-state index in [4.69, 9.17) is 18.9 Å². The molecule has 14 heteroatoms. The molecule has 1 amide bonds. The zero-order valence-electron chi connectivity index (χ0n) is 50.0. The van der Waals surface area contributed by atoms with E-state index in [1.54, 1.807) is 6.08 Å². The van der Waals surface area contributed by atoms with Crippen molar-refractivity contribution in [2.75, 3.05) is 19.8 Å². The van der Waals surface area contributed by atoms with Crippen LogP contribution in [-0.2, 0) is 23.7 Å². The maximum Gasteiger partial charge on any atom is 0.220 e. The zero-order valence-corrected chi connectivity index (χ0v) is 50.0. The molecule has 0 bridgehead atoms. The number of carbonyl (C=O) groups is 1. The number of carbonyl (C=O) groups excluding carboxylic acids is 1. The molecule has 0 aromatic rings. The SMILES string of the molecule is CC/C=C\C/C=C\C/C=C\C/C=C\C/C=C\C/C=C\C/C=C\CCCCCCCCCCCCCC(=O)NC(COC1OC(CO)C(OC2OC(CO)C(O)C(O)C2O)C(O)C1O)C(O)/C=C/CC/C=C/CCCCCCCCCC. The van der Waals surface area contributed by atoms with E-state index in [1.165, 1.54) is 96.3 Å². The highest BCUT2D eigenvalue weighted by molar-refractivity contribution is 5.76. The summed E-state index contributed by atoms with van der Waals surface area (Å²) in [6.07, 6.45) is 55.6. The van der Waals surface area contributed by atoms with Gasteiger partial charge in [-0.25, -0.2) is 0 Å². The Labute approximate surface area is 489 Å². The van der Waals surface area contributed by atoms with Gasteiger partial charge in [0.05, 0.1) is 32.0 Å². The fourth-order valence-electron chi connectivity index (χ4n) is 9.64. The standard InChI is InChI=1S/C67H113NO13/c1-3-5-7-9-11-13-15-17-19-20-21-22-23-24-25-26-27-28-29-30-31-32-33-34-35-36-37-39-41-43-45-47-49-51-59(72)68-55(56(71)50-48-46-44-42-40-38-18-16-14-12-10-8-6-4-2)54-78-66-64(77)62(75)65(58(53-70)80-66)81-67-63(76)61(74)60(73)57(52-69)79-67/h5,7,11,13,17,19,21-22,24-25,27-28,30-31,40,42,48,50,55-58,60-67,69-71,73-77H,3-4,6,8-10,12,14-16,18,20,23,26,29,32-39,41,43-47,49,51-54H2,1-2H3,(H,68,72)/b7-5-,13-11-,19-17-,22-21-,25-24-,28-27-,31-30-,42-40+,50-48+. The third-order valence-electron chi connectivity index (χ3n) is 14.7. The second kappa shape index (κ2) is 51.1. The Kier molecular flexibility index (Phi) is 46.5. The first kappa shape index (κ1) is 73.8. The maximum absolute atomic E-state index is 13.3. The lowest BCUT2D eigenvalue weighted by atomic mass is 9.97. The van der Waals surface area contributed by atoms with Crippen molar-refractivity contribution >= 4 is 5.91 Å². The zero-order chi connectivity index (χ0) is 58.8. The molecular weight excluding hydrogens is 1030 g/mol. The van der Waals surface area contributed by atoms with Crippen LogP contribution in [0.5, 0.6) is 0 Å². The fourth-order valence-corrected chi connectivity index (χ4v) is 9.64. The molecule has 0 saturated carbocycles. The Balaban J connectivity index is 1.68. The van der Waals surface area contributed by atoms with E-state index in [1.807, 2.05) is 6.08 Å². The van der Waals surface area contributed by atoms with Gasteiger partial charge in [-0.2, -0.15) is 0 Å². The van der Waals surface area contributed by atoms with Crippen molar-refractivity contribution in [1.82, 2.24) is 5.32 Å².